The average molecular weight is 350 g/mol. The number of benzene rings is 2. The van der Waals surface area contributed by atoms with Gasteiger partial charge in [-0.15, -0.1) is 5.10 Å². The number of aromatic nitrogens is 5. The largest absolute Gasteiger partial charge is 0.508 e. The molecule has 0 spiro atoms. The van der Waals surface area contributed by atoms with Crippen LogP contribution in [0.3, 0.4) is 0 Å². The van der Waals surface area contributed by atoms with Crippen molar-refractivity contribution >= 4 is 11.6 Å². The molecule has 0 fully saturated rings. The van der Waals surface area contributed by atoms with E-state index in [1.165, 1.54) is 6.07 Å². The number of aromatic amines is 3. The summed E-state index contributed by atoms with van der Waals surface area (Å²) in [5, 5.41) is 26.3. The van der Waals surface area contributed by atoms with E-state index in [-0.39, 0.29) is 5.75 Å². The van der Waals surface area contributed by atoms with Gasteiger partial charge in [-0.1, -0.05) is 23.4 Å². The quantitative estimate of drug-likeness (QED) is 0.417. The summed E-state index contributed by atoms with van der Waals surface area (Å²) in [4.78, 5) is 0. The molecule has 25 heavy (non-hydrogen) atoms. The molecule has 0 aliphatic carbocycles. The number of phenols is 1. The maximum Gasteiger partial charge on any atom is 0.174 e. The van der Waals surface area contributed by atoms with Gasteiger partial charge in [0.15, 0.2) is 5.82 Å². The maximum absolute atomic E-state index is 9.44. The number of H-pyrrole nitrogens is 3. The van der Waals surface area contributed by atoms with Crippen molar-refractivity contribution in [2.75, 3.05) is 0 Å². The average Bonchev–Trinajstić information content (AvgIpc) is 3.07. The lowest BCUT2D eigenvalue weighted by Crippen LogP contribution is -1.99. The first-order valence-electron chi connectivity index (χ1n) is 7.43. The Morgan fingerprint density at radius 3 is 2.48 bits per heavy atom. The number of nitrogens with zero attached hydrogens (tertiary/aromatic N) is 2. The minimum atomic E-state index is 0.112. The molecule has 0 unspecified atom stereocenters. The summed E-state index contributed by atoms with van der Waals surface area (Å²) in [6, 6.07) is 10.6. The second-order valence-electron chi connectivity index (χ2n) is 5.36. The van der Waals surface area contributed by atoms with Crippen molar-refractivity contribution in [1.29, 1.82) is 0 Å². The van der Waals surface area contributed by atoms with Gasteiger partial charge in [-0.2, -0.15) is 5.10 Å². The fourth-order valence-electron chi connectivity index (χ4n) is 2.43. The third kappa shape index (κ3) is 3.01. The van der Waals surface area contributed by atoms with Crippen LogP contribution in [0.15, 0.2) is 48.8 Å². The highest BCUT2D eigenvalue weighted by atomic mass is 35.5. The van der Waals surface area contributed by atoms with Crippen LogP contribution >= 0.6 is 11.6 Å². The first-order valence-corrected chi connectivity index (χ1v) is 7.81. The van der Waals surface area contributed by atoms with Crippen LogP contribution < -0.4 is 0 Å². The van der Waals surface area contributed by atoms with Crippen LogP contribution in [0.25, 0.3) is 22.5 Å². The van der Waals surface area contributed by atoms with Crippen molar-refractivity contribution in [1.82, 2.24) is 25.6 Å². The van der Waals surface area contributed by atoms with E-state index < -0.39 is 0 Å². The van der Waals surface area contributed by atoms with Gasteiger partial charge in [0, 0.05) is 34.0 Å². The van der Waals surface area contributed by atoms with E-state index in [1.807, 2.05) is 24.4 Å². The minimum Gasteiger partial charge on any atom is -0.508 e. The van der Waals surface area contributed by atoms with Gasteiger partial charge in [-0.05, 0) is 36.4 Å². The van der Waals surface area contributed by atoms with Gasteiger partial charge < -0.3 is 5.11 Å². The summed E-state index contributed by atoms with van der Waals surface area (Å²) >= 11 is 6.12. The normalized spacial score (nSPS) is 10.4. The molecule has 4 aromatic rings. The Morgan fingerprint density at radius 2 is 1.80 bits per heavy atom. The van der Waals surface area contributed by atoms with Gasteiger partial charge in [0.05, 0.1) is 11.2 Å². The Balaban J connectivity index is 1.79. The molecule has 122 valence electrons. The molecule has 0 radical (unpaired) electrons. The number of aromatic hydroxyl groups is 1. The van der Waals surface area contributed by atoms with E-state index in [0.29, 0.717) is 10.6 Å². The molecule has 6 nitrogen and oxygen atoms in total. The summed E-state index contributed by atoms with van der Waals surface area (Å²) in [6.07, 6.45) is 3.55. The zero-order valence-electron chi connectivity index (χ0n) is 12.8. The predicted molar refractivity (Wildman–Crippen MR) is 95.1 cm³/mol. The maximum atomic E-state index is 9.44. The third-order valence-electron chi connectivity index (χ3n) is 3.73. The molecule has 0 atom stereocenters. The smallest absolute Gasteiger partial charge is 0.174 e. The van der Waals surface area contributed by atoms with Crippen molar-refractivity contribution in [3.8, 4) is 40.1 Å². The van der Waals surface area contributed by atoms with Crippen LogP contribution in [-0.4, -0.2) is 30.7 Å². The molecule has 0 bridgehead atoms. The van der Waals surface area contributed by atoms with E-state index in [2.05, 4.69) is 37.4 Å². The van der Waals surface area contributed by atoms with Gasteiger partial charge >= 0.3 is 0 Å². The van der Waals surface area contributed by atoms with Crippen LogP contribution in [0.5, 0.6) is 5.75 Å². The lowest BCUT2D eigenvalue weighted by molar-refractivity contribution is 0.475. The molecule has 7 heteroatoms. The SMILES string of the molecule is Oc1ccc(C#Cc2ccc(-c3n[nH][nH]3)cc2-c2cn[nH]c2)c(Cl)c1. The molecule has 2 aromatic carbocycles. The fraction of sp³-hybridized carbons (Fsp3) is 0. The van der Waals surface area contributed by atoms with E-state index in [4.69, 9.17) is 11.6 Å². The number of phenolic OH excluding ortho intramolecular Hbond substituents is 1. The second-order valence-corrected chi connectivity index (χ2v) is 5.77. The molecule has 0 saturated heterocycles. The molecular weight excluding hydrogens is 338 g/mol. The van der Waals surface area contributed by atoms with E-state index in [9.17, 15) is 5.11 Å². The van der Waals surface area contributed by atoms with Gasteiger partial charge in [0.25, 0.3) is 0 Å². The summed E-state index contributed by atoms with van der Waals surface area (Å²) in [5.74, 6) is 7.08. The second kappa shape index (κ2) is 6.23. The van der Waals surface area contributed by atoms with Crippen LogP contribution in [-0.2, 0) is 0 Å². The van der Waals surface area contributed by atoms with Crippen LogP contribution in [0.4, 0.5) is 0 Å². The summed E-state index contributed by atoms with van der Waals surface area (Å²) < 4.78 is 0. The van der Waals surface area contributed by atoms with Crippen molar-refractivity contribution in [3.05, 3.63) is 64.9 Å². The van der Waals surface area contributed by atoms with E-state index >= 15 is 0 Å². The Morgan fingerprint density at radius 1 is 1.00 bits per heavy atom. The Labute approximate surface area is 147 Å². The molecule has 0 aliphatic heterocycles. The van der Waals surface area contributed by atoms with Gasteiger partial charge in [0.2, 0.25) is 0 Å². The summed E-state index contributed by atoms with van der Waals surface area (Å²) in [6.45, 7) is 0. The van der Waals surface area contributed by atoms with Gasteiger partial charge in [0.1, 0.15) is 5.75 Å². The number of hydrogen-bond acceptors (Lipinski definition) is 3. The van der Waals surface area contributed by atoms with Crippen molar-refractivity contribution < 1.29 is 5.11 Å². The number of halogens is 1. The van der Waals surface area contributed by atoms with E-state index in [1.54, 1.807) is 18.3 Å². The molecular formula is C18H12ClN5O. The molecule has 4 N–H and O–H groups in total. The number of nitrogens with one attached hydrogen (secondary N) is 3. The van der Waals surface area contributed by atoms with Crippen LogP contribution in [0, 0.1) is 11.8 Å². The highest BCUT2D eigenvalue weighted by Crippen LogP contribution is 2.28. The molecule has 0 amide bonds. The molecule has 0 aliphatic rings. The first-order chi connectivity index (χ1) is 12.2. The van der Waals surface area contributed by atoms with Crippen molar-refractivity contribution in [3.63, 3.8) is 0 Å². The molecule has 4 rings (SSSR count). The number of hydrogen-bond donors (Lipinski definition) is 4. The number of rotatable bonds is 2. The Kier molecular flexibility index (Phi) is 3.77. The molecule has 0 saturated carbocycles. The monoisotopic (exact) mass is 349 g/mol. The van der Waals surface area contributed by atoms with Crippen LogP contribution in [0.2, 0.25) is 5.02 Å². The summed E-state index contributed by atoms with van der Waals surface area (Å²) in [5.41, 5.74) is 4.29. The lowest BCUT2D eigenvalue weighted by Gasteiger charge is -2.08. The minimum absolute atomic E-state index is 0.112. The Hall–Kier alpha value is -3.43. The standard InChI is InChI=1S/C18H12ClN5O/c19-17-8-15(25)6-5-12(17)3-1-11-2-4-13(18-22-24-23-18)7-16(11)14-9-20-21-10-14/h2,4-10,24-25H,(H,20,21)(H,22,23). The fourth-order valence-corrected chi connectivity index (χ4v) is 2.65. The molecule has 2 heterocycles. The summed E-state index contributed by atoms with van der Waals surface area (Å²) in [7, 11) is 0. The van der Waals surface area contributed by atoms with E-state index in [0.717, 1.165) is 28.1 Å². The highest BCUT2D eigenvalue weighted by Gasteiger charge is 2.10. The van der Waals surface area contributed by atoms with Gasteiger partial charge in [-0.3, -0.25) is 10.2 Å². The van der Waals surface area contributed by atoms with Crippen LogP contribution in [0.1, 0.15) is 11.1 Å². The first kappa shape index (κ1) is 15.1. The van der Waals surface area contributed by atoms with Crippen molar-refractivity contribution in [2.24, 2.45) is 0 Å². The highest BCUT2D eigenvalue weighted by molar-refractivity contribution is 6.31. The topological polar surface area (TPSA) is 93.4 Å². The lowest BCUT2D eigenvalue weighted by atomic mass is 9.99. The third-order valence-corrected chi connectivity index (χ3v) is 4.04. The Bertz CT molecular complexity index is 1070. The zero-order chi connectivity index (χ0) is 17.2. The van der Waals surface area contributed by atoms with Crippen molar-refractivity contribution in [2.45, 2.75) is 0 Å². The zero-order valence-corrected chi connectivity index (χ0v) is 13.6. The predicted octanol–water partition coefficient (Wildman–Crippen LogP) is 3.55. The van der Waals surface area contributed by atoms with Gasteiger partial charge in [-0.25, -0.2) is 5.21 Å². The molecule has 2 aromatic heterocycles.